The van der Waals surface area contributed by atoms with Crippen LogP contribution in [0.1, 0.15) is 26.7 Å². The topological polar surface area (TPSA) is 15.3 Å². The number of halogens is 3. The first-order chi connectivity index (χ1) is 8.39. The van der Waals surface area contributed by atoms with Crippen LogP contribution >= 0.6 is 0 Å². The van der Waals surface area contributed by atoms with E-state index in [2.05, 4.69) is 24.1 Å². The lowest BCUT2D eigenvalue weighted by molar-refractivity contribution is -0.177. The number of hydrogen-bond acceptors (Lipinski definition) is 2. The van der Waals surface area contributed by atoms with Crippen molar-refractivity contribution >= 4 is 0 Å². The molecule has 2 nitrogen and oxygen atoms in total. The molecule has 0 bridgehead atoms. The highest BCUT2D eigenvalue weighted by molar-refractivity contribution is 4.90. The van der Waals surface area contributed by atoms with Crippen molar-refractivity contribution in [3.63, 3.8) is 0 Å². The first kappa shape index (κ1) is 14.1. The molecule has 2 fully saturated rings. The molecule has 1 N–H and O–H groups in total. The molecule has 4 atom stereocenters. The second-order valence-corrected chi connectivity index (χ2v) is 5.92. The predicted octanol–water partition coefficient (Wildman–Crippen LogP) is 2.50. The molecule has 0 aromatic heterocycles. The number of nitrogens with one attached hydrogen (secondary N) is 1. The van der Waals surface area contributed by atoms with Crippen LogP contribution in [0.2, 0.25) is 0 Å². The van der Waals surface area contributed by atoms with Gasteiger partial charge in [0.1, 0.15) is 0 Å². The Kier molecular flexibility index (Phi) is 4.22. The van der Waals surface area contributed by atoms with E-state index in [1.807, 2.05) is 0 Å². The minimum Gasteiger partial charge on any atom is -0.315 e. The van der Waals surface area contributed by atoms with Gasteiger partial charge >= 0.3 is 6.18 Å². The third kappa shape index (κ3) is 2.99. The molecule has 0 spiro atoms. The Morgan fingerprint density at radius 2 is 1.89 bits per heavy atom. The fourth-order valence-corrected chi connectivity index (χ4v) is 3.31. The Balaban J connectivity index is 2.03. The molecule has 106 valence electrons. The van der Waals surface area contributed by atoms with Gasteiger partial charge in [-0.05, 0) is 24.7 Å². The van der Waals surface area contributed by atoms with Crippen molar-refractivity contribution in [2.75, 3.05) is 26.2 Å². The summed E-state index contributed by atoms with van der Waals surface area (Å²) in [7, 11) is 0. The van der Waals surface area contributed by atoms with E-state index in [9.17, 15) is 13.2 Å². The maximum absolute atomic E-state index is 12.9. The van der Waals surface area contributed by atoms with Gasteiger partial charge in [-0.3, -0.25) is 4.90 Å². The first-order valence-corrected chi connectivity index (χ1v) is 6.91. The lowest BCUT2D eigenvalue weighted by Gasteiger charge is -2.33. The SMILES string of the molecule is CC1CCC(N2CCNCC(C(F)(F)F)C2)C1C. The molecule has 5 heteroatoms. The van der Waals surface area contributed by atoms with Gasteiger partial charge in [0.2, 0.25) is 0 Å². The zero-order valence-corrected chi connectivity index (χ0v) is 11.1. The highest BCUT2D eigenvalue weighted by Crippen LogP contribution is 2.36. The molecule has 1 saturated heterocycles. The summed E-state index contributed by atoms with van der Waals surface area (Å²) in [6.45, 7) is 6.04. The molecule has 18 heavy (non-hydrogen) atoms. The maximum Gasteiger partial charge on any atom is 0.394 e. The van der Waals surface area contributed by atoms with Crippen LogP contribution in [0.5, 0.6) is 0 Å². The van der Waals surface area contributed by atoms with Crippen LogP contribution in [0.15, 0.2) is 0 Å². The Morgan fingerprint density at radius 3 is 2.44 bits per heavy atom. The van der Waals surface area contributed by atoms with E-state index in [0.29, 0.717) is 24.4 Å². The molecule has 0 aromatic carbocycles. The third-order valence-electron chi connectivity index (χ3n) is 4.78. The van der Waals surface area contributed by atoms with E-state index in [1.165, 1.54) is 0 Å². The van der Waals surface area contributed by atoms with Gasteiger partial charge in [0.05, 0.1) is 5.92 Å². The van der Waals surface area contributed by atoms with Crippen molar-refractivity contribution in [1.29, 1.82) is 0 Å². The zero-order valence-electron chi connectivity index (χ0n) is 11.1. The van der Waals surface area contributed by atoms with E-state index < -0.39 is 12.1 Å². The predicted molar refractivity (Wildman–Crippen MR) is 65.3 cm³/mol. The average molecular weight is 264 g/mol. The van der Waals surface area contributed by atoms with E-state index in [4.69, 9.17) is 0 Å². The highest BCUT2D eigenvalue weighted by atomic mass is 19.4. The van der Waals surface area contributed by atoms with Crippen LogP contribution in [-0.2, 0) is 0 Å². The Bertz CT molecular complexity index is 280. The molecule has 1 heterocycles. The van der Waals surface area contributed by atoms with E-state index in [0.717, 1.165) is 19.4 Å². The van der Waals surface area contributed by atoms with Gasteiger partial charge in [0, 0.05) is 32.2 Å². The van der Waals surface area contributed by atoms with Crippen LogP contribution in [0.4, 0.5) is 13.2 Å². The van der Waals surface area contributed by atoms with Crippen LogP contribution in [-0.4, -0.2) is 43.3 Å². The van der Waals surface area contributed by atoms with Crippen molar-refractivity contribution < 1.29 is 13.2 Å². The Labute approximate surface area is 107 Å². The average Bonchev–Trinajstić information content (AvgIpc) is 2.55. The van der Waals surface area contributed by atoms with Crippen molar-refractivity contribution in [2.24, 2.45) is 17.8 Å². The molecule has 2 rings (SSSR count). The molecule has 1 aliphatic heterocycles. The quantitative estimate of drug-likeness (QED) is 0.783. The number of rotatable bonds is 1. The van der Waals surface area contributed by atoms with Crippen LogP contribution < -0.4 is 5.32 Å². The van der Waals surface area contributed by atoms with Gasteiger partial charge < -0.3 is 5.32 Å². The summed E-state index contributed by atoms with van der Waals surface area (Å²) >= 11 is 0. The van der Waals surface area contributed by atoms with Crippen LogP contribution in [0.3, 0.4) is 0 Å². The third-order valence-corrected chi connectivity index (χ3v) is 4.78. The molecule has 0 radical (unpaired) electrons. The van der Waals surface area contributed by atoms with Gasteiger partial charge in [-0.25, -0.2) is 0 Å². The van der Waals surface area contributed by atoms with Crippen LogP contribution in [0.25, 0.3) is 0 Å². The molecule has 1 saturated carbocycles. The summed E-state index contributed by atoms with van der Waals surface area (Å²) in [5.41, 5.74) is 0. The van der Waals surface area contributed by atoms with Gasteiger partial charge in [-0.2, -0.15) is 13.2 Å². The monoisotopic (exact) mass is 264 g/mol. The Hall–Kier alpha value is -0.290. The van der Waals surface area contributed by atoms with Gasteiger partial charge in [0.15, 0.2) is 0 Å². The second-order valence-electron chi connectivity index (χ2n) is 5.92. The number of hydrogen-bond donors (Lipinski definition) is 1. The van der Waals surface area contributed by atoms with Gasteiger partial charge in [-0.15, -0.1) is 0 Å². The smallest absolute Gasteiger partial charge is 0.315 e. The second kappa shape index (κ2) is 5.37. The van der Waals surface area contributed by atoms with Crippen molar-refractivity contribution in [3.05, 3.63) is 0 Å². The summed E-state index contributed by atoms with van der Waals surface area (Å²) in [4.78, 5) is 2.08. The summed E-state index contributed by atoms with van der Waals surface area (Å²) in [6, 6.07) is 0.338. The molecular formula is C13H23F3N2. The van der Waals surface area contributed by atoms with Crippen molar-refractivity contribution in [2.45, 2.75) is 38.9 Å². The normalized spacial score (nSPS) is 39.8. The molecule has 1 aliphatic carbocycles. The summed E-state index contributed by atoms with van der Waals surface area (Å²) in [5.74, 6) is -0.0735. The zero-order chi connectivity index (χ0) is 13.3. The molecular weight excluding hydrogens is 241 g/mol. The minimum absolute atomic E-state index is 0.0661. The fourth-order valence-electron chi connectivity index (χ4n) is 3.31. The molecule has 4 unspecified atom stereocenters. The first-order valence-electron chi connectivity index (χ1n) is 6.91. The highest BCUT2D eigenvalue weighted by Gasteiger charge is 2.43. The van der Waals surface area contributed by atoms with Gasteiger partial charge in [0.25, 0.3) is 0 Å². The largest absolute Gasteiger partial charge is 0.394 e. The number of alkyl halides is 3. The lowest BCUT2D eigenvalue weighted by atomic mass is 9.96. The van der Waals surface area contributed by atoms with Crippen molar-refractivity contribution in [3.8, 4) is 0 Å². The maximum atomic E-state index is 12.9. The van der Waals surface area contributed by atoms with E-state index in [1.54, 1.807) is 0 Å². The molecule has 0 aromatic rings. The lowest BCUT2D eigenvalue weighted by Crippen LogP contribution is -2.44. The minimum atomic E-state index is -4.08. The Morgan fingerprint density at radius 1 is 1.17 bits per heavy atom. The van der Waals surface area contributed by atoms with Gasteiger partial charge in [-0.1, -0.05) is 13.8 Å². The van der Waals surface area contributed by atoms with E-state index in [-0.39, 0.29) is 13.1 Å². The summed E-state index contributed by atoms with van der Waals surface area (Å²) in [5, 5.41) is 2.92. The number of nitrogens with zero attached hydrogens (tertiary/aromatic N) is 1. The molecule has 2 aliphatic rings. The summed E-state index contributed by atoms with van der Waals surface area (Å²) in [6.07, 6.45) is -1.89. The van der Waals surface area contributed by atoms with E-state index >= 15 is 0 Å². The molecule has 0 amide bonds. The standard InChI is InChI=1S/C13H23F3N2/c1-9-3-4-12(10(9)2)18-6-5-17-7-11(8-18)13(14,15)16/h9-12,17H,3-8H2,1-2H3. The fraction of sp³-hybridized carbons (Fsp3) is 1.00. The van der Waals surface area contributed by atoms with Crippen molar-refractivity contribution in [1.82, 2.24) is 10.2 Å². The van der Waals surface area contributed by atoms with Crippen LogP contribution in [0, 0.1) is 17.8 Å². The summed E-state index contributed by atoms with van der Waals surface area (Å²) < 4.78 is 38.7.